The number of hydrogen-bond acceptors (Lipinski definition) is 1. The minimum atomic E-state index is -0.0448. The molecule has 1 amide bonds. The molecule has 0 fully saturated rings. The van der Waals surface area contributed by atoms with Crippen LogP contribution in [0.5, 0.6) is 0 Å². The lowest BCUT2D eigenvalue weighted by Crippen LogP contribution is -2.14. The summed E-state index contributed by atoms with van der Waals surface area (Å²) in [4.78, 5) is 12.2. The average molecular weight is 351 g/mol. The van der Waals surface area contributed by atoms with Crippen LogP contribution in [0.2, 0.25) is 0 Å². The van der Waals surface area contributed by atoms with E-state index in [1.807, 2.05) is 48.5 Å². The van der Waals surface area contributed by atoms with Crippen LogP contribution in [-0.2, 0) is 6.42 Å². The Morgan fingerprint density at radius 1 is 1.11 bits per heavy atom. The number of hydrogen-bond donors (Lipinski definition) is 1. The number of carbonyl (C=O) groups is 1. The van der Waals surface area contributed by atoms with Crippen LogP contribution in [0.25, 0.3) is 0 Å². The molecule has 0 saturated heterocycles. The molecule has 0 heterocycles. The van der Waals surface area contributed by atoms with E-state index in [4.69, 9.17) is 0 Å². The smallest absolute Gasteiger partial charge is 0.255 e. The van der Waals surface area contributed by atoms with E-state index in [9.17, 15) is 4.79 Å². The van der Waals surface area contributed by atoms with Crippen molar-refractivity contribution in [3.63, 3.8) is 0 Å². The summed E-state index contributed by atoms with van der Waals surface area (Å²) < 4.78 is 1.04. The summed E-state index contributed by atoms with van der Waals surface area (Å²) in [7, 11) is 0. The van der Waals surface area contributed by atoms with E-state index in [1.165, 1.54) is 0 Å². The monoisotopic (exact) mass is 351 g/mol. The summed E-state index contributed by atoms with van der Waals surface area (Å²) >= 11 is 2.22. The number of halogens is 1. The third-order valence-corrected chi connectivity index (χ3v) is 3.71. The maximum absolute atomic E-state index is 12.2. The predicted octanol–water partition coefficient (Wildman–Crippen LogP) is 4.11. The highest BCUT2D eigenvalue weighted by Gasteiger charge is 2.10. The van der Waals surface area contributed by atoms with Gasteiger partial charge in [-0.2, -0.15) is 0 Å². The SMILES string of the molecule is CCc1ccccc1C(=O)Nc1ccccc1I. The second-order valence-electron chi connectivity index (χ2n) is 3.94. The minimum Gasteiger partial charge on any atom is -0.321 e. The molecule has 3 heteroatoms. The Morgan fingerprint density at radius 3 is 2.50 bits per heavy atom. The van der Waals surface area contributed by atoms with Crippen molar-refractivity contribution in [2.75, 3.05) is 5.32 Å². The number of benzene rings is 2. The topological polar surface area (TPSA) is 29.1 Å². The van der Waals surface area contributed by atoms with Crippen molar-refractivity contribution in [2.24, 2.45) is 0 Å². The fourth-order valence-electron chi connectivity index (χ4n) is 1.80. The van der Waals surface area contributed by atoms with Gasteiger partial charge in [0.2, 0.25) is 0 Å². The van der Waals surface area contributed by atoms with E-state index in [-0.39, 0.29) is 5.91 Å². The zero-order valence-electron chi connectivity index (χ0n) is 10.1. The molecule has 0 unspecified atom stereocenters. The van der Waals surface area contributed by atoms with Crippen molar-refractivity contribution in [1.29, 1.82) is 0 Å². The van der Waals surface area contributed by atoms with E-state index in [0.29, 0.717) is 0 Å². The number of nitrogens with one attached hydrogen (secondary N) is 1. The lowest BCUT2D eigenvalue weighted by molar-refractivity contribution is 0.102. The summed E-state index contributed by atoms with van der Waals surface area (Å²) in [6.45, 7) is 2.05. The summed E-state index contributed by atoms with van der Waals surface area (Å²) in [6.07, 6.45) is 0.857. The van der Waals surface area contributed by atoms with Gasteiger partial charge in [0.15, 0.2) is 0 Å². The molecule has 2 nitrogen and oxygen atoms in total. The van der Waals surface area contributed by atoms with Gasteiger partial charge in [0.05, 0.1) is 5.69 Å². The van der Waals surface area contributed by atoms with Gasteiger partial charge in [-0.05, 0) is 52.8 Å². The molecular weight excluding hydrogens is 337 g/mol. The first kappa shape index (κ1) is 13.1. The molecular formula is C15H14INO. The number of carbonyl (C=O) groups excluding carboxylic acids is 1. The number of rotatable bonds is 3. The molecule has 0 aromatic heterocycles. The highest BCUT2D eigenvalue weighted by molar-refractivity contribution is 14.1. The highest BCUT2D eigenvalue weighted by atomic mass is 127. The zero-order chi connectivity index (χ0) is 13.0. The van der Waals surface area contributed by atoms with Crippen LogP contribution in [0.3, 0.4) is 0 Å². The van der Waals surface area contributed by atoms with Gasteiger partial charge in [0.25, 0.3) is 5.91 Å². The number of amides is 1. The molecule has 1 N–H and O–H groups in total. The van der Waals surface area contributed by atoms with Crippen LogP contribution in [-0.4, -0.2) is 5.91 Å². The summed E-state index contributed by atoms with van der Waals surface area (Å²) in [5, 5.41) is 2.95. The first-order valence-electron chi connectivity index (χ1n) is 5.86. The molecule has 2 aromatic rings. The number of anilines is 1. The van der Waals surface area contributed by atoms with Gasteiger partial charge in [-0.3, -0.25) is 4.79 Å². The summed E-state index contributed by atoms with van der Waals surface area (Å²) in [5.41, 5.74) is 2.68. The quantitative estimate of drug-likeness (QED) is 0.829. The molecule has 2 rings (SSSR count). The molecule has 0 radical (unpaired) electrons. The molecule has 92 valence electrons. The van der Waals surface area contributed by atoms with Crippen LogP contribution >= 0.6 is 22.6 Å². The van der Waals surface area contributed by atoms with Crippen molar-refractivity contribution in [3.05, 3.63) is 63.2 Å². The Balaban J connectivity index is 2.25. The summed E-state index contributed by atoms with van der Waals surface area (Å²) in [6, 6.07) is 15.5. The van der Waals surface area contributed by atoms with E-state index in [1.54, 1.807) is 0 Å². The molecule has 0 spiro atoms. The minimum absolute atomic E-state index is 0.0448. The van der Waals surface area contributed by atoms with Gasteiger partial charge >= 0.3 is 0 Å². The van der Waals surface area contributed by atoms with Crippen molar-refractivity contribution in [3.8, 4) is 0 Å². The molecule has 0 atom stereocenters. The largest absolute Gasteiger partial charge is 0.321 e. The van der Waals surface area contributed by atoms with Gasteiger partial charge in [0, 0.05) is 9.13 Å². The third-order valence-electron chi connectivity index (χ3n) is 2.76. The molecule has 18 heavy (non-hydrogen) atoms. The van der Waals surface area contributed by atoms with Crippen molar-refractivity contribution in [2.45, 2.75) is 13.3 Å². The normalized spacial score (nSPS) is 10.1. The van der Waals surface area contributed by atoms with E-state index in [2.05, 4.69) is 34.8 Å². The van der Waals surface area contributed by atoms with Crippen LogP contribution in [0, 0.1) is 3.57 Å². The average Bonchev–Trinajstić information content (AvgIpc) is 2.41. The Bertz CT molecular complexity index is 566. The molecule has 0 aliphatic carbocycles. The maximum atomic E-state index is 12.2. The Kier molecular flexibility index (Phi) is 4.36. The highest BCUT2D eigenvalue weighted by Crippen LogP contribution is 2.19. The van der Waals surface area contributed by atoms with Crippen LogP contribution in [0.4, 0.5) is 5.69 Å². The van der Waals surface area contributed by atoms with Gasteiger partial charge < -0.3 is 5.32 Å². The Morgan fingerprint density at radius 2 is 1.78 bits per heavy atom. The Labute approximate surface area is 121 Å². The fraction of sp³-hybridized carbons (Fsp3) is 0.133. The number of para-hydroxylation sites is 1. The molecule has 0 aliphatic rings. The summed E-state index contributed by atoms with van der Waals surface area (Å²) in [5.74, 6) is -0.0448. The standard InChI is InChI=1S/C15H14INO/c1-2-11-7-3-4-8-12(11)15(18)17-14-10-6-5-9-13(14)16/h3-10H,2H2,1H3,(H,17,18). The first-order chi connectivity index (χ1) is 8.72. The number of aryl methyl sites for hydroxylation is 1. The van der Waals surface area contributed by atoms with Crippen LogP contribution in [0.15, 0.2) is 48.5 Å². The Hall–Kier alpha value is -1.36. The van der Waals surface area contributed by atoms with E-state index >= 15 is 0 Å². The van der Waals surface area contributed by atoms with Crippen LogP contribution in [0.1, 0.15) is 22.8 Å². The third kappa shape index (κ3) is 2.90. The van der Waals surface area contributed by atoms with Crippen molar-refractivity contribution >= 4 is 34.2 Å². The fourth-order valence-corrected chi connectivity index (χ4v) is 2.32. The molecule has 0 bridgehead atoms. The van der Waals surface area contributed by atoms with E-state index < -0.39 is 0 Å². The molecule has 2 aromatic carbocycles. The predicted molar refractivity (Wildman–Crippen MR) is 82.9 cm³/mol. The lowest BCUT2D eigenvalue weighted by Gasteiger charge is -2.10. The zero-order valence-corrected chi connectivity index (χ0v) is 12.3. The maximum Gasteiger partial charge on any atom is 0.255 e. The van der Waals surface area contributed by atoms with Gasteiger partial charge in [0.1, 0.15) is 0 Å². The molecule has 0 aliphatic heterocycles. The van der Waals surface area contributed by atoms with Crippen molar-refractivity contribution in [1.82, 2.24) is 0 Å². The second kappa shape index (κ2) is 6.00. The van der Waals surface area contributed by atoms with Crippen LogP contribution < -0.4 is 5.32 Å². The first-order valence-corrected chi connectivity index (χ1v) is 6.94. The van der Waals surface area contributed by atoms with Gasteiger partial charge in [-0.25, -0.2) is 0 Å². The lowest BCUT2D eigenvalue weighted by atomic mass is 10.0. The second-order valence-corrected chi connectivity index (χ2v) is 5.11. The van der Waals surface area contributed by atoms with Gasteiger partial charge in [-0.15, -0.1) is 0 Å². The molecule has 0 saturated carbocycles. The van der Waals surface area contributed by atoms with Crippen molar-refractivity contribution < 1.29 is 4.79 Å². The van der Waals surface area contributed by atoms with Gasteiger partial charge in [-0.1, -0.05) is 37.3 Å². The van der Waals surface area contributed by atoms with E-state index in [0.717, 1.165) is 26.8 Å².